The van der Waals surface area contributed by atoms with Crippen LogP contribution in [0.3, 0.4) is 0 Å². The first kappa shape index (κ1) is 10.2. The molecular formula is C13H16N2. The number of rotatable bonds is 3. The van der Waals surface area contributed by atoms with Gasteiger partial charge in [0.2, 0.25) is 0 Å². The number of nitrogens with one attached hydrogen (secondary N) is 1. The summed E-state index contributed by atoms with van der Waals surface area (Å²) in [5.74, 6) is 0.690. The highest BCUT2D eigenvalue weighted by atomic mass is 14.9. The molecule has 1 fully saturated rings. The van der Waals surface area contributed by atoms with E-state index in [-0.39, 0.29) is 0 Å². The number of hydrogen-bond acceptors (Lipinski definition) is 2. The smallest absolute Gasteiger partial charge is 0.0625 e. The average molecular weight is 200 g/mol. The highest BCUT2D eigenvalue weighted by Gasteiger charge is 2.15. The quantitative estimate of drug-likeness (QED) is 0.812. The van der Waals surface area contributed by atoms with Gasteiger partial charge in [-0.2, -0.15) is 5.26 Å². The standard InChI is InChI=1S/C13H16N2/c14-8-1-2-11-3-5-12(6-4-11)13-7-9-15-10-13/h3-6,13,15H,1-2,7,9-10H2. The zero-order valence-electron chi connectivity index (χ0n) is 8.87. The molecule has 15 heavy (non-hydrogen) atoms. The number of benzene rings is 1. The molecule has 1 atom stereocenters. The summed E-state index contributed by atoms with van der Waals surface area (Å²) in [6.07, 6.45) is 2.74. The summed E-state index contributed by atoms with van der Waals surface area (Å²) in [4.78, 5) is 0. The maximum Gasteiger partial charge on any atom is 0.0625 e. The van der Waals surface area contributed by atoms with Crippen molar-refractivity contribution in [2.24, 2.45) is 0 Å². The Balaban J connectivity index is 2.00. The summed E-state index contributed by atoms with van der Waals surface area (Å²) in [6.45, 7) is 2.25. The summed E-state index contributed by atoms with van der Waals surface area (Å²) in [5.41, 5.74) is 2.70. The fourth-order valence-corrected chi connectivity index (χ4v) is 2.10. The summed E-state index contributed by atoms with van der Waals surface area (Å²) in [5, 5.41) is 11.9. The second kappa shape index (κ2) is 4.95. The lowest BCUT2D eigenvalue weighted by atomic mass is 9.96. The Morgan fingerprint density at radius 3 is 2.73 bits per heavy atom. The van der Waals surface area contributed by atoms with Crippen LogP contribution in [0, 0.1) is 11.3 Å². The van der Waals surface area contributed by atoms with E-state index < -0.39 is 0 Å². The lowest BCUT2D eigenvalue weighted by Crippen LogP contribution is -2.07. The third kappa shape index (κ3) is 2.57. The van der Waals surface area contributed by atoms with Crippen LogP contribution in [0.1, 0.15) is 29.9 Å². The summed E-state index contributed by atoms with van der Waals surface area (Å²) < 4.78 is 0. The number of aryl methyl sites for hydroxylation is 1. The van der Waals surface area contributed by atoms with E-state index in [2.05, 4.69) is 35.7 Å². The SMILES string of the molecule is N#CCCc1ccc(C2CCNC2)cc1. The predicted octanol–water partition coefficient (Wildman–Crippen LogP) is 2.22. The fourth-order valence-electron chi connectivity index (χ4n) is 2.10. The first-order valence-corrected chi connectivity index (χ1v) is 5.56. The van der Waals surface area contributed by atoms with Gasteiger partial charge in [0.05, 0.1) is 6.07 Å². The first-order chi connectivity index (χ1) is 7.40. The molecule has 1 N–H and O–H groups in total. The van der Waals surface area contributed by atoms with Gasteiger partial charge in [-0.15, -0.1) is 0 Å². The summed E-state index contributed by atoms with van der Waals surface area (Å²) >= 11 is 0. The Labute approximate surface area is 90.9 Å². The molecule has 0 amide bonds. The number of nitrogens with zero attached hydrogens (tertiary/aromatic N) is 1. The minimum absolute atomic E-state index is 0.615. The largest absolute Gasteiger partial charge is 0.316 e. The van der Waals surface area contributed by atoms with Gasteiger partial charge in [0.1, 0.15) is 0 Å². The molecular weight excluding hydrogens is 184 g/mol. The van der Waals surface area contributed by atoms with Gasteiger partial charge in [-0.05, 0) is 36.4 Å². The summed E-state index contributed by atoms with van der Waals surface area (Å²) in [7, 11) is 0. The molecule has 1 aliphatic heterocycles. The zero-order valence-corrected chi connectivity index (χ0v) is 8.87. The van der Waals surface area contributed by atoms with Gasteiger partial charge in [0, 0.05) is 13.0 Å². The Hall–Kier alpha value is -1.33. The van der Waals surface area contributed by atoms with Gasteiger partial charge in [0.25, 0.3) is 0 Å². The van der Waals surface area contributed by atoms with Gasteiger partial charge >= 0.3 is 0 Å². The maximum absolute atomic E-state index is 8.50. The van der Waals surface area contributed by atoms with E-state index in [0.717, 1.165) is 19.5 Å². The van der Waals surface area contributed by atoms with E-state index in [4.69, 9.17) is 5.26 Å². The van der Waals surface area contributed by atoms with Crippen molar-refractivity contribution in [2.45, 2.75) is 25.2 Å². The van der Waals surface area contributed by atoms with Crippen molar-refractivity contribution in [1.82, 2.24) is 5.32 Å². The highest BCUT2D eigenvalue weighted by molar-refractivity contribution is 5.26. The maximum atomic E-state index is 8.50. The second-order valence-electron chi connectivity index (χ2n) is 4.09. The Morgan fingerprint density at radius 1 is 1.33 bits per heavy atom. The first-order valence-electron chi connectivity index (χ1n) is 5.56. The van der Waals surface area contributed by atoms with Crippen LogP contribution < -0.4 is 5.32 Å². The van der Waals surface area contributed by atoms with Crippen molar-refractivity contribution in [3.05, 3.63) is 35.4 Å². The molecule has 78 valence electrons. The van der Waals surface area contributed by atoms with Gasteiger partial charge in [-0.25, -0.2) is 0 Å². The third-order valence-electron chi connectivity index (χ3n) is 3.04. The normalized spacial score (nSPS) is 20.1. The lowest BCUT2D eigenvalue weighted by molar-refractivity contribution is 0.762. The van der Waals surface area contributed by atoms with Crippen molar-refractivity contribution >= 4 is 0 Å². The van der Waals surface area contributed by atoms with Crippen LogP contribution in [-0.4, -0.2) is 13.1 Å². The monoisotopic (exact) mass is 200 g/mol. The molecule has 1 saturated heterocycles. The van der Waals surface area contributed by atoms with Gasteiger partial charge in [0.15, 0.2) is 0 Å². The molecule has 0 aliphatic carbocycles. The Bertz CT molecular complexity index is 342. The molecule has 1 heterocycles. The molecule has 1 aliphatic rings. The minimum atomic E-state index is 0.615. The van der Waals surface area contributed by atoms with Crippen LogP contribution in [0.5, 0.6) is 0 Å². The molecule has 2 nitrogen and oxygen atoms in total. The summed E-state index contributed by atoms with van der Waals surface area (Å²) in [6, 6.07) is 10.9. The molecule has 2 heteroatoms. The van der Waals surface area contributed by atoms with E-state index in [1.807, 2.05) is 0 Å². The van der Waals surface area contributed by atoms with Crippen molar-refractivity contribution in [3.8, 4) is 6.07 Å². The Kier molecular flexibility index (Phi) is 3.37. The van der Waals surface area contributed by atoms with Crippen LogP contribution >= 0.6 is 0 Å². The Morgan fingerprint density at radius 2 is 2.13 bits per heavy atom. The molecule has 0 aromatic heterocycles. The van der Waals surface area contributed by atoms with Gasteiger partial charge in [-0.1, -0.05) is 24.3 Å². The van der Waals surface area contributed by atoms with Gasteiger partial charge < -0.3 is 5.32 Å². The van der Waals surface area contributed by atoms with E-state index in [1.54, 1.807) is 0 Å². The molecule has 2 rings (SSSR count). The van der Waals surface area contributed by atoms with Crippen LogP contribution in [-0.2, 0) is 6.42 Å². The second-order valence-corrected chi connectivity index (χ2v) is 4.09. The molecule has 0 saturated carbocycles. The van der Waals surface area contributed by atoms with Crippen LogP contribution in [0.4, 0.5) is 0 Å². The van der Waals surface area contributed by atoms with E-state index in [0.29, 0.717) is 12.3 Å². The highest BCUT2D eigenvalue weighted by Crippen LogP contribution is 2.22. The van der Waals surface area contributed by atoms with Crippen molar-refractivity contribution in [3.63, 3.8) is 0 Å². The minimum Gasteiger partial charge on any atom is -0.316 e. The number of nitriles is 1. The molecule has 0 spiro atoms. The third-order valence-corrected chi connectivity index (χ3v) is 3.04. The van der Waals surface area contributed by atoms with E-state index >= 15 is 0 Å². The van der Waals surface area contributed by atoms with E-state index in [9.17, 15) is 0 Å². The zero-order chi connectivity index (χ0) is 10.5. The topological polar surface area (TPSA) is 35.8 Å². The number of hydrogen-bond donors (Lipinski definition) is 1. The van der Waals surface area contributed by atoms with Crippen molar-refractivity contribution in [2.75, 3.05) is 13.1 Å². The lowest BCUT2D eigenvalue weighted by Gasteiger charge is -2.09. The van der Waals surface area contributed by atoms with Crippen LogP contribution in [0.25, 0.3) is 0 Å². The van der Waals surface area contributed by atoms with Crippen LogP contribution in [0.2, 0.25) is 0 Å². The predicted molar refractivity (Wildman–Crippen MR) is 60.6 cm³/mol. The molecule has 0 bridgehead atoms. The van der Waals surface area contributed by atoms with Crippen molar-refractivity contribution < 1.29 is 0 Å². The van der Waals surface area contributed by atoms with Crippen molar-refractivity contribution in [1.29, 1.82) is 5.26 Å². The average Bonchev–Trinajstić information content (AvgIpc) is 2.80. The molecule has 1 aromatic rings. The van der Waals surface area contributed by atoms with Crippen LogP contribution in [0.15, 0.2) is 24.3 Å². The molecule has 1 aromatic carbocycles. The van der Waals surface area contributed by atoms with Gasteiger partial charge in [-0.3, -0.25) is 0 Å². The molecule has 1 unspecified atom stereocenters. The molecule has 0 radical (unpaired) electrons. The van der Waals surface area contributed by atoms with E-state index in [1.165, 1.54) is 17.5 Å². The fraction of sp³-hybridized carbons (Fsp3) is 0.462.